The summed E-state index contributed by atoms with van der Waals surface area (Å²) in [6, 6.07) is 15.6. The van der Waals surface area contributed by atoms with Crippen molar-refractivity contribution in [2.24, 2.45) is 0 Å². The van der Waals surface area contributed by atoms with Crippen molar-refractivity contribution in [1.29, 1.82) is 0 Å². The lowest BCUT2D eigenvalue weighted by atomic mass is 10.1. The second-order valence-corrected chi connectivity index (χ2v) is 7.40. The molecule has 0 bridgehead atoms. The van der Waals surface area contributed by atoms with Crippen LogP contribution in [0.2, 0.25) is 0 Å². The van der Waals surface area contributed by atoms with E-state index in [0.29, 0.717) is 29.3 Å². The summed E-state index contributed by atoms with van der Waals surface area (Å²) in [5.41, 5.74) is 2.20. The van der Waals surface area contributed by atoms with Gasteiger partial charge in [-0.05, 0) is 67.2 Å². The lowest BCUT2D eigenvalue weighted by Crippen LogP contribution is -2.42. The maximum atomic E-state index is 13.2. The molecule has 1 N–H and O–H groups in total. The number of methoxy groups -OCH3 is 2. The number of benzene rings is 2. The number of nitrogens with one attached hydrogen (secondary N) is 1. The highest BCUT2D eigenvalue weighted by Crippen LogP contribution is 2.28. The Morgan fingerprint density at radius 3 is 2.24 bits per heavy atom. The normalized spacial score (nSPS) is 10.2. The molecule has 2 aromatic carbocycles. The largest absolute Gasteiger partial charge is 0.496 e. The molecule has 1 amide bonds. The lowest BCUT2D eigenvalue weighted by Gasteiger charge is -2.26. The fourth-order valence-electron chi connectivity index (χ4n) is 3.25. The van der Waals surface area contributed by atoms with Gasteiger partial charge >= 0.3 is 5.97 Å². The van der Waals surface area contributed by atoms with E-state index in [1.165, 1.54) is 14.2 Å². The molecule has 0 aliphatic carbocycles. The number of carbonyl (C=O) groups excluding carboxylic acids is 2. The third-order valence-corrected chi connectivity index (χ3v) is 5.20. The van der Waals surface area contributed by atoms with Crippen molar-refractivity contribution in [2.75, 3.05) is 25.7 Å². The smallest absolute Gasteiger partial charge is 0.338 e. The van der Waals surface area contributed by atoms with Crippen LogP contribution in [0, 0.1) is 0 Å². The molecule has 0 aliphatic heterocycles. The van der Waals surface area contributed by atoms with Crippen LogP contribution in [0.3, 0.4) is 0 Å². The number of nitrogens with zero attached hydrogens (tertiary/aromatic N) is 2. The van der Waals surface area contributed by atoms with Gasteiger partial charge in [0.05, 0.1) is 32.9 Å². The van der Waals surface area contributed by atoms with Crippen LogP contribution in [0.5, 0.6) is 11.5 Å². The van der Waals surface area contributed by atoms with E-state index in [4.69, 9.17) is 26.4 Å². The minimum absolute atomic E-state index is 0.158. The van der Waals surface area contributed by atoms with E-state index in [1.54, 1.807) is 66.7 Å². The summed E-state index contributed by atoms with van der Waals surface area (Å²) in [6.45, 7) is 2.38. The zero-order valence-electron chi connectivity index (χ0n) is 19.1. The maximum absolute atomic E-state index is 13.2. The first-order chi connectivity index (χ1) is 16.5. The average molecular weight is 480 g/mol. The Bertz CT molecular complexity index is 1130. The molecule has 0 spiro atoms. The zero-order valence-corrected chi connectivity index (χ0v) is 19.9. The van der Waals surface area contributed by atoms with Gasteiger partial charge in [-0.25, -0.2) is 4.79 Å². The monoisotopic (exact) mass is 479 g/mol. The summed E-state index contributed by atoms with van der Waals surface area (Å²) in [4.78, 5) is 31.1. The standard InChI is InChI=1S/C25H25N3O5S/c1-4-33-24(30)18-10-12-19(13-11-18)28(16-17-7-6-14-26-15-17)25(34)27-23(29)22-20(31-2)8-5-9-21(22)32-3/h5-15H,4,16H2,1-3H3,(H,27,29,34). The van der Waals surface area contributed by atoms with Crippen molar-refractivity contribution in [2.45, 2.75) is 13.5 Å². The van der Waals surface area contributed by atoms with Crippen LogP contribution in [0.4, 0.5) is 5.69 Å². The minimum atomic E-state index is -0.473. The van der Waals surface area contributed by atoms with Gasteiger partial charge in [0.1, 0.15) is 17.1 Å². The number of pyridine rings is 1. The van der Waals surface area contributed by atoms with E-state index in [-0.39, 0.29) is 17.3 Å². The molecule has 0 radical (unpaired) electrons. The molecular weight excluding hydrogens is 454 g/mol. The summed E-state index contributed by atoms with van der Waals surface area (Å²) in [6.07, 6.45) is 3.39. The number of hydrogen-bond donors (Lipinski definition) is 1. The Morgan fingerprint density at radius 2 is 1.68 bits per heavy atom. The number of esters is 1. The number of aromatic nitrogens is 1. The predicted octanol–water partition coefficient (Wildman–Crippen LogP) is 4.00. The van der Waals surface area contributed by atoms with Crippen LogP contribution < -0.4 is 19.7 Å². The van der Waals surface area contributed by atoms with Crippen molar-refractivity contribution in [3.8, 4) is 11.5 Å². The average Bonchev–Trinajstić information content (AvgIpc) is 2.87. The first-order valence-electron chi connectivity index (χ1n) is 10.5. The van der Waals surface area contributed by atoms with Crippen LogP contribution in [0.25, 0.3) is 0 Å². The fraction of sp³-hybridized carbons (Fsp3) is 0.200. The molecule has 0 saturated carbocycles. The van der Waals surface area contributed by atoms with Gasteiger partial charge in [0.2, 0.25) is 0 Å². The van der Waals surface area contributed by atoms with Crippen molar-refractivity contribution < 1.29 is 23.8 Å². The van der Waals surface area contributed by atoms with Gasteiger partial charge in [0, 0.05) is 18.1 Å². The van der Waals surface area contributed by atoms with Crippen molar-refractivity contribution in [1.82, 2.24) is 10.3 Å². The van der Waals surface area contributed by atoms with Crippen LogP contribution in [0.15, 0.2) is 67.0 Å². The number of ether oxygens (including phenoxy) is 3. The summed E-state index contributed by atoms with van der Waals surface area (Å²) in [5.74, 6) is -0.167. The van der Waals surface area contributed by atoms with E-state index in [2.05, 4.69) is 10.3 Å². The third kappa shape index (κ3) is 5.87. The van der Waals surface area contributed by atoms with Gasteiger partial charge in [-0.1, -0.05) is 12.1 Å². The van der Waals surface area contributed by atoms with Crippen LogP contribution in [0.1, 0.15) is 33.2 Å². The topological polar surface area (TPSA) is 90.0 Å². The molecule has 1 heterocycles. The molecule has 0 aliphatic rings. The van der Waals surface area contributed by atoms with Crippen LogP contribution in [-0.2, 0) is 11.3 Å². The molecule has 8 nitrogen and oxygen atoms in total. The summed E-state index contributed by atoms with van der Waals surface area (Å²) in [7, 11) is 2.95. The molecule has 1 aromatic heterocycles. The Kier molecular flexibility index (Phi) is 8.53. The zero-order chi connectivity index (χ0) is 24.5. The number of anilines is 1. The first-order valence-corrected chi connectivity index (χ1v) is 10.9. The van der Waals surface area contributed by atoms with Gasteiger partial charge in [0.25, 0.3) is 5.91 Å². The number of thiocarbonyl (C=S) groups is 1. The van der Waals surface area contributed by atoms with Crippen LogP contribution >= 0.6 is 12.2 Å². The van der Waals surface area contributed by atoms with Gasteiger partial charge < -0.3 is 19.1 Å². The SMILES string of the molecule is CCOC(=O)c1ccc(N(Cc2cccnc2)C(=S)NC(=O)c2c(OC)cccc2OC)cc1. The first kappa shape index (κ1) is 24.7. The molecule has 3 aromatic rings. The van der Waals surface area contributed by atoms with E-state index >= 15 is 0 Å². The quantitative estimate of drug-likeness (QED) is 0.383. The highest BCUT2D eigenvalue weighted by Gasteiger charge is 2.22. The van der Waals surface area contributed by atoms with Crippen molar-refractivity contribution in [3.05, 3.63) is 83.7 Å². The number of rotatable bonds is 8. The summed E-state index contributed by atoms with van der Waals surface area (Å²) >= 11 is 5.62. The predicted molar refractivity (Wildman–Crippen MR) is 132 cm³/mol. The molecule has 0 atom stereocenters. The molecule has 34 heavy (non-hydrogen) atoms. The number of amides is 1. The molecule has 3 rings (SSSR count). The highest BCUT2D eigenvalue weighted by atomic mass is 32.1. The Morgan fingerprint density at radius 1 is 1.00 bits per heavy atom. The molecule has 0 fully saturated rings. The highest BCUT2D eigenvalue weighted by molar-refractivity contribution is 7.80. The molecule has 176 valence electrons. The van der Waals surface area contributed by atoms with E-state index in [0.717, 1.165) is 5.56 Å². The van der Waals surface area contributed by atoms with E-state index in [1.807, 2.05) is 12.1 Å². The van der Waals surface area contributed by atoms with Gasteiger partial charge in [-0.15, -0.1) is 0 Å². The second-order valence-electron chi connectivity index (χ2n) is 7.01. The second kappa shape index (κ2) is 11.8. The van der Waals surface area contributed by atoms with Gasteiger partial charge in [-0.3, -0.25) is 15.1 Å². The maximum Gasteiger partial charge on any atom is 0.338 e. The summed E-state index contributed by atoms with van der Waals surface area (Å²) in [5, 5.41) is 2.93. The molecule has 9 heteroatoms. The number of carbonyl (C=O) groups is 2. The molecule has 0 saturated heterocycles. The number of hydrogen-bond acceptors (Lipinski definition) is 7. The van der Waals surface area contributed by atoms with Crippen LogP contribution in [-0.4, -0.2) is 42.8 Å². The Labute approximate surface area is 203 Å². The third-order valence-electron chi connectivity index (χ3n) is 4.87. The van der Waals surface area contributed by atoms with Crippen molar-refractivity contribution >= 4 is 34.9 Å². The molecule has 0 unspecified atom stereocenters. The van der Waals surface area contributed by atoms with E-state index in [9.17, 15) is 9.59 Å². The van der Waals surface area contributed by atoms with Crippen molar-refractivity contribution in [3.63, 3.8) is 0 Å². The van der Waals surface area contributed by atoms with E-state index < -0.39 is 11.9 Å². The van der Waals surface area contributed by atoms with Gasteiger partial charge in [-0.2, -0.15) is 0 Å². The Hall–Kier alpha value is -3.98. The molecular formula is C25H25N3O5S. The Balaban J connectivity index is 1.90. The lowest BCUT2D eigenvalue weighted by molar-refractivity contribution is 0.0526. The minimum Gasteiger partial charge on any atom is -0.496 e. The van der Waals surface area contributed by atoms with Gasteiger partial charge in [0.15, 0.2) is 5.11 Å². The fourth-order valence-corrected chi connectivity index (χ4v) is 3.51. The summed E-state index contributed by atoms with van der Waals surface area (Å²) < 4.78 is 15.7.